The molecule has 0 spiro atoms. The third-order valence-electron chi connectivity index (χ3n) is 2.59. The third kappa shape index (κ3) is 5.88. The van der Waals surface area contributed by atoms with Crippen molar-refractivity contribution in [2.45, 2.75) is 0 Å². The molecule has 2 aromatic carbocycles. The van der Waals surface area contributed by atoms with Gasteiger partial charge in [0.15, 0.2) is 17.4 Å². The van der Waals surface area contributed by atoms with Gasteiger partial charge in [-0.2, -0.15) is 18.1 Å². The molecule has 0 saturated carbocycles. The Balaban J connectivity index is 0.00000139. The Labute approximate surface area is 148 Å². The molecule has 0 aromatic heterocycles. The van der Waals surface area contributed by atoms with E-state index >= 15 is 0 Å². The van der Waals surface area contributed by atoms with Crippen molar-refractivity contribution in [3.63, 3.8) is 0 Å². The molecule has 0 fully saturated rings. The Hall–Kier alpha value is -2.03. The zero-order valence-corrected chi connectivity index (χ0v) is 14.6. The number of halogens is 3. The average Bonchev–Trinajstić information content (AvgIpc) is 2.56. The fraction of sp³-hybridized carbons (Fsp3) is 0.133. The summed E-state index contributed by atoms with van der Waals surface area (Å²) in [5.74, 6) is -1.63. The van der Waals surface area contributed by atoms with Gasteiger partial charge in [0.05, 0.1) is 5.02 Å². The monoisotopic (exact) mass is 376 g/mol. The molecule has 0 unspecified atom stereocenters. The second-order valence-corrected chi connectivity index (χ2v) is 4.59. The van der Waals surface area contributed by atoms with Gasteiger partial charge in [-0.25, -0.2) is 19.1 Å². The molecule has 0 bridgehead atoms. The van der Waals surface area contributed by atoms with Gasteiger partial charge in [-0.3, -0.25) is 0 Å². The highest BCUT2D eigenvalue weighted by atomic mass is 35.5. The summed E-state index contributed by atoms with van der Waals surface area (Å²) in [6.07, 6.45) is 1.69. The molecule has 0 amide bonds. The van der Waals surface area contributed by atoms with Crippen LogP contribution >= 0.6 is 24.2 Å². The normalized spacial score (nSPS) is 10.7. The van der Waals surface area contributed by atoms with Crippen LogP contribution in [0.4, 0.5) is 20.2 Å². The van der Waals surface area contributed by atoms with Crippen LogP contribution < -0.4 is 20.6 Å². The second kappa shape index (κ2) is 9.96. The lowest BCUT2D eigenvalue weighted by Gasteiger charge is -2.05. The molecule has 0 aliphatic heterocycles. The van der Waals surface area contributed by atoms with Gasteiger partial charge in [0, 0.05) is 19.2 Å². The van der Waals surface area contributed by atoms with E-state index in [-0.39, 0.29) is 11.7 Å². The molecule has 4 N–H and O–H groups in total. The van der Waals surface area contributed by atoms with Gasteiger partial charge in [-0.1, -0.05) is 11.6 Å². The summed E-state index contributed by atoms with van der Waals surface area (Å²) in [4.78, 5) is 7.71. The number of amidine groups is 1. The van der Waals surface area contributed by atoms with Crippen molar-refractivity contribution in [3.05, 3.63) is 53.1 Å². The summed E-state index contributed by atoms with van der Waals surface area (Å²) < 4.78 is 25.9. The SMILES string of the molecule is CNOc1cc([NH+]=C(O)Nc2ccc(F)c(F)c2)ccc1Cl.CS. The van der Waals surface area contributed by atoms with Crippen molar-refractivity contribution in [2.24, 2.45) is 0 Å². The van der Waals surface area contributed by atoms with E-state index in [0.717, 1.165) is 12.1 Å². The van der Waals surface area contributed by atoms with Crippen LogP contribution in [0.25, 0.3) is 0 Å². The number of hydrogen-bond acceptors (Lipinski definition) is 3. The maximum absolute atomic E-state index is 13.1. The van der Waals surface area contributed by atoms with Crippen molar-refractivity contribution >= 4 is 41.6 Å². The van der Waals surface area contributed by atoms with Gasteiger partial charge in [0.1, 0.15) is 11.4 Å². The largest absolute Gasteiger partial charge is 0.449 e. The minimum Gasteiger partial charge on any atom is -0.447 e. The minimum absolute atomic E-state index is 0.185. The first-order chi connectivity index (χ1) is 11.5. The molecule has 9 heteroatoms. The van der Waals surface area contributed by atoms with Crippen molar-refractivity contribution in [1.82, 2.24) is 5.48 Å². The van der Waals surface area contributed by atoms with Crippen molar-refractivity contribution in [2.75, 3.05) is 18.6 Å². The number of aliphatic hydroxyl groups excluding tert-OH is 1. The standard InChI is InChI=1S/C14H12ClF2N3O2.CH4S/c1-18-22-13-7-9(2-4-10(13)15)20-14(21)19-8-3-5-11(16)12(17)6-8;1-2/h2-7,18H,1H3,(H2,19,20,21);2H,1H3/p+1. The summed E-state index contributed by atoms with van der Waals surface area (Å²) in [6, 6.07) is 7.51. The van der Waals surface area contributed by atoms with Crippen molar-refractivity contribution in [1.29, 1.82) is 0 Å². The lowest BCUT2D eigenvalue weighted by atomic mass is 10.3. The van der Waals surface area contributed by atoms with Crippen LogP contribution in [0, 0.1) is 11.6 Å². The highest BCUT2D eigenvalue weighted by Crippen LogP contribution is 2.25. The molecule has 2 rings (SSSR count). The Morgan fingerprint density at radius 2 is 1.88 bits per heavy atom. The first kappa shape index (κ1) is 20.0. The van der Waals surface area contributed by atoms with Crippen LogP contribution in [-0.4, -0.2) is 24.4 Å². The van der Waals surface area contributed by atoms with Crippen LogP contribution in [0.2, 0.25) is 5.02 Å². The fourth-order valence-electron chi connectivity index (χ4n) is 1.65. The number of benzene rings is 2. The van der Waals surface area contributed by atoms with Crippen LogP contribution in [-0.2, 0) is 0 Å². The molecule has 0 radical (unpaired) electrons. The number of hydroxylamine groups is 1. The maximum Gasteiger partial charge on any atom is 0.449 e. The Morgan fingerprint density at radius 3 is 2.50 bits per heavy atom. The van der Waals surface area contributed by atoms with E-state index in [9.17, 15) is 13.9 Å². The van der Waals surface area contributed by atoms with Gasteiger partial charge in [-0.05, 0) is 30.5 Å². The summed E-state index contributed by atoms with van der Waals surface area (Å²) in [6.45, 7) is 0. The lowest BCUT2D eigenvalue weighted by Crippen LogP contribution is -2.68. The van der Waals surface area contributed by atoms with Gasteiger partial charge < -0.3 is 9.94 Å². The molecule has 24 heavy (non-hydrogen) atoms. The van der Waals surface area contributed by atoms with Gasteiger partial charge in [0.2, 0.25) is 0 Å². The zero-order valence-electron chi connectivity index (χ0n) is 12.9. The zero-order chi connectivity index (χ0) is 18.1. The average molecular weight is 377 g/mol. The molecule has 0 saturated heterocycles. The van der Waals surface area contributed by atoms with E-state index in [1.54, 1.807) is 31.5 Å². The fourth-order valence-corrected chi connectivity index (χ4v) is 1.80. The van der Waals surface area contributed by atoms with Crippen molar-refractivity contribution < 1.29 is 23.7 Å². The molecule has 130 valence electrons. The predicted molar refractivity (Wildman–Crippen MR) is 94.3 cm³/mol. The molecule has 0 heterocycles. The van der Waals surface area contributed by atoms with E-state index in [2.05, 4.69) is 28.4 Å². The summed E-state index contributed by atoms with van der Waals surface area (Å²) in [7, 11) is 1.57. The highest BCUT2D eigenvalue weighted by molar-refractivity contribution is 7.79. The molecule has 0 aliphatic rings. The third-order valence-corrected chi connectivity index (χ3v) is 2.90. The van der Waals surface area contributed by atoms with E-state index in [1.165, 1.54) is 6.07 Å². The van der Waals surface area contributed by atoms with E-state index in [1.807, 2.05) is 0 Å². The summed E-state index contributed by atoms with van der Waals surface area (Å²) in [5.41, 5.74) is 3.14. The molecule has 0 aliphatic carbocycles. The second-order valence-electron chi connectivity index (χ2n) is 4.18. The highest BCUT2D eigenvalue weighted by Gasteiger charge is 2.10. The number of nitrogens with one attached hydrogen (secondary N) is 3. The van der Waals surface area contributed by atoms with Crippen molar-refractivity contribution in [3.8, 4) is 5.75 Å². The molecule has 0 atom stereocenters. The van der Waals surface area contributed by atoms with Crippen LogP contribution in [0.5, 0.6) is 5.75 Å². The number of rotatable bonds is 4. The number of thiol groups is 1. The summed E-state index contributed by atoms with van der Waals surface area (Å²) >= 11 is 9.45. The van der Waals surface area contributed by atoms with Gasteiger partial charge in [0.25, 0.3) is 0 Å². The topological polar surface area (TPSA) is 67.5 Å². The van der Waals surface area contributed by atoms with Gasteiger partial charge >= 0.3 is 6.02 Å². The first-order valence-corrected chi connectivity index (χ1v) is 7.89. The molecule has 5 nitrogen and oxygen atoms in total. The Kier molecular flexibility index (Phi) is 8.31. The molecule has 2 aromatic rings. The Morgan fingerprint density at radius 1 is 1.17 bits per heavy atom. The molecular formula is C15H17ClF2N3O2S+. The lowest BCUT2D eigenvalue weighted by molar-refractivity contribution is -0.365. The first-order valence-electron chi connectivity index (χ1n) is 6.62. The van der Waals surface area contributed by atoms with E-state index in [4.69, 9.17) is 16.4 Å². The van der Waals surface area contributed by atoms with Crippen LogP contribution in [0.15, 0.2) is 36.4 Å². The van der Waals surface area contributed by atoms with Gasteiger partial charge in [-0.15, -0.1) is 0 Å². The summed E-state index contributed by atoms with van der Waals surface area (Å²) in [5, 5.41) is 12.7. The predicted octanol–water partition coefficient (Wildman–Crippen LogP) is 2.42. The number of anilines is 1. The van der Waals surface area contributed by atoms with Crippen LogP contribution in [0.1, 0.15) is 0 Å². The molecular weight excluding hydrogens is 360 g/mol. The van der Waals surface area contributed by atoms with E-state index in [0.29, 0.717) is 16.5 Å². The number of hydrogen-bond donors (Lipinski definition) is 5. The smallest absolute Gasteiger partial charge is 0.447 e. The van der Waals surface area contributed by atoms with E-state index < -0.39 is 11.6 Å². The minimum atomic E-state index is -1.02. The van der Waals surface area contributed by atoms with Crippen LogP contribution in [0.3, 0.4) is 0 Å². The maximum atomic E-state index is 13.1. The quantitative estimate of drug-likeness (QED) is 0.246. The number of aliphatic hydroxyl groups is 1. The Bertz CT molecular complexity index is 717.